The van der Waals surface area contributed by atoms with Crippen molar-refractivity contribution in [3.8, 4) is 0 Å². The summed E-state index contributed by atoms with van der Waals surface area (Å²) in [4.78, 5) is 26.8. The number of hydrogen-bond acceptors (Lipinski definition) is 3. The van der Waals surface area contributed by atoms with E-state index >= 15 is 0 Å². The van der Waals surface area contributed by atoms with Gasteiger partial charge in [0.05, 0.1) is 16.3 Å². The number of nitrogens with one attached hydrogen (secondary N) is 2. The molecule has 0 aliphatic carbocycles. The first kappa shape index (κ1) is 14.9. The van der Waals surface area contributed by atoms with Gasteiger partial charge in [-0.15, -0.1) is 0 Å². The van der Waals surface area contributed by atoms with E-state index in [2.05, 4.69) is 15.6 Å². The number of nitrogens with zero attached hydrogens (tertiary/aromatic N) is 1. The number of halogens is 2. The van der Waals surface area contributed by atoms with E-state index in [-0.39, 0.29) is 22.2 Å². The molecule has 108 valence electrons. The van der Waals surface area contributed by atoms with Crippen LogP contribution in [-0.4, -0.2) is 16.8 Å². The van der Waals surface area contributed by atoms with Crippen molar-refractivity contribution in [1.29, 1.82) is 0 Å². The summed E-state index contributed by atoms with van der Waals surface area (Å²) in [6.45, 7) is 1.33. The highest BCUT2D eigenvalue weighted by Crippen LogP contribution is 2.22. The van der Waals surface area contributed by atoms with Crippen LogP contribution in [0.3, 0.4) is 0 Å². The van der Waals surface area contributed by atoms with Crippen LogP contribution in [0.5, 0.6) is 0 Å². The Morgan fingerprint density at radius 1 is 1.24 bits per heavy atom. The van der Waals surface area contributed by atoms with Gasteiger partial charge in [-0.2, -0.15) is 0 Å². The van der Waals surface area contributed by atoms with Crippen LogP contribution in [0.4, 0.5) is 15.8 Å². The second-order valence-corrected chi connectivity index (χ2v) is 4.59. The molecule has 0 atom stereocenters. The van der Waals surface area contributed by atoms with Gasteiger partial charge < -0.3 is 10.6 Å². The lowest BCUT2D eigenvalue weighted by molar-refractivity contribution is -0.114. The Balaban J connectivity index is 2.24. The lowest BCUT2D eigenvalue weighted by atomic mass is 10.2. The van der Waals surface area contributed by atoms with Crippen molar-refractivity contribution in [2.75, 3.05) is 10.6 Å². The summed E-state index contributed by atoms with van der Waals surface area (Å²) in [5.74, 6) is -1.52. The highest BCUT2D eigenvalue weighted by molar-refractivity contribution is 6.34. The number of anilines is 2. The Hall–Kier alpha value is -2.47. The molecule has 1 aromatic heterocycles. The quantitative estimate of drug-likeness (QED) is 0.915. The third-order valence-corrected chi connectivity index (χ3v) is 2.88. The molecule has 21 heavy (non-hydrogen) atoms. The molecule has 0 bridgehead atoms. The lowest BCUT2D eigenvalue weighted by Crippen LogP contribution is -2.14. The fourth-order valence-electron chi connectivity index (χ4n) is 1.64. The Morgan fingerprint density at radius 2 is 2.00 bits per heavy atom. The van der Waals surface area contributed by atoms with Crippen molar-refractivity contribution >= 4 is 34.8 Å². The zero-order valence-corrected chi connectivity index (χ0v) is 11.7. The molecular weight excluding hydrogens is 297 g/mol. The van der Waals surface area contributed by atoms with Gasteiger partial charge in [0.25, 0.3) is 5.91 Å². The fraction of sp³-hybridized carbons (Fsp3) is 0.0714. The molecule has 2 N–H and O–H groups in total. The maximum atomic E-state index is 13.7. The maximum Gasteiger partial charge on any atom is 0.258 e. The molecule has 7 heteroatoms. The molecule has 0 fully saturated rings. The number of rotatable bonds is 3. The van der Waals surface area contributed by atoms with Crippen molar-refractivity contribution in [2.45, 2.75) is 6.92 Å². The van der Waals surface area contributed by atoms with Gasteiger partial charge in [0, 0.05) is 25.0 Å². The smallest absolute Gasteiger partial charge is 0.258 e. The molecule has 1 heterocycles. The molecule has 0 unspecified atom stereocenters. The van der Waals surface area contributed by atoms with Crippen LogP contribution in [0.25, 0.3) is 0 Å². The number of carbonyl (C=O) groups is 2. The van der Waals surface area contributed by atoms with Crippen molar-refractivity contribution in [1.82, 2.24) is 4.98 Å². The molecule has 1 aromatic carbocycles. The number of aromatic nitrogens is 1. The summed E-state index contributed by atoms with van der Waals surface area (Å²) in [6, 6.07) is 5.31. The summed E-state index contributed by atoms with van der Waals surface area (Å²) in [7, 11) is 0. The summed E-state index contributed by atoms with van der Waals surface area (Å²) in [6.07, 6.45) is 2.73. The average molecular weight is 308 g/mol. The predicted octanol–water partition coefficient (Wildman–Crippen LogP) is 3.08. The molecule has 2 amide bonds. The van der Waals surface area contributed by atoms with E-state index in [9.17, 15) is 14.0 Å². The third kappa shape index (κ3) is 3.76. The first-order valence-corrected chi connectivity index (χ1v) is 6.33. The van der Waals surface area contributed by atoms with E-state index in [0.29, 0.717) is 5.69 Å². The number of benzene rings is 1. The minimum atomic E-state index is -0.627. The summed E-state index contributed by atoms with van der Waals surface area (Å²) in [5.41, 5.74) is 0.436. The van der Waals surface area contributed by atoms with Gasteiger partial charge in [-0.05, 0) is 24.3 Å². The summed E-state index contributed by atoms with van der Waals surface area (Å²) in [5, 5.41) is 5.10. The number of pyridine rings is 1. The van der Waals surface area contributed by atoms with Gasteiger partial charge in [-0.1, -0.05) is 11.6 Å². The monoisotopic (exact) mass is 307 g/mol. The Bertz CT molecular complexity index is 706. The lowest BCUT2D eigenvalue weighted by Gasteiger charge is -2.09. The van der Waals surface area contributed by atoms with Gasteiger partial charge >= 0.3 is 0 Å². The van der Waals surface area contributed by atoms with E-state index in [0.717, 1.165) is 6.07 Å². The summed E-state index contributed by atoms with van der Waals surface area (Å²) >= 11 is 5.87. The average Bonchev–Trinajstić information content (AvgIpc) is 2.42. The highest BCUT2D eigenvalue weighted by atomic mass is 35.5. The van der Waals surface area contributed by atoms with Crippen LogP contribution in [-0.2, 0) is 4.79 Å². The Morgan fingerprint density at radius 3 is 2.67 bits per heavy atom. The minimum absolute atomic E-state index is 0.0637. The van der Waals surface area contributed by atoms with Gasteiger partial charge in [-0.25, -0.2) is 4.39 Å². The molecule has 0 saturated carbocycles. The first-order valence-electron chi connectivity index (χ1n) is 5.95. The van der Waals surface area contributed by atoms with Gasteiger partial charge in [0.1, 0.15) is 5.82 Å². The number of amides is 2. The molecule has 0 radical (unpaired) electrons. The molecular formula is C14H11ClFN3O2. The van der Waals surface area contributed by atoms with Gasteiger partial charge in [-0.3, -0.25) is 14.6 Å². The van der Waals surface area contributed by atoms with Crippen molar-refractivity contribution < 1.29 is 14.0 Å². The van der Waals surface area contributed by atoms with Crippen molar-refractivity contribution in [3.63, 3.8) is 0 Å². The standard InChI is InChI=1S/C14H11ClFN3O2/c1-8(20)18-9-2-3-12(16)13(6-9)19-14(21)10-7-17-5-4-11(10)15/h2-7H,1H3,(H,18,20)(H,19,21). The minimum Gasteiger partial charge on any atom is -0.326 e. The molecule has 0 spiro atoms. The molecule has 2 aromatic rings. The SMILES string of the molecule is CC(=O)Nc1ccc(F)c(NC(=O)c2cnccc2Cl)c1. The van der Waals surface area contributed by atoms with Crippen LogP contribution < -0.4 is 10.6 Å². The van der Waals surface area contributed by atoms with E-state index in [4.69, 9.17) is 11.6 Å². The Labute approximate surface area is 125 Å². The van der Waals surface area contributed by atoms with Crippen molar-refractivity contribution in [2.24, 2.45) is 0 Å². The number of hydrogen-bond donors (Lipinski definition) is 2. The highest BCUT2D eigenvalue weighted by Gasteiger charge is 2.13. The van der Waals surface area contributed by atoms with E-state index < -0.39 is 11.7 Å². The van der Waals surface area contributed by atoms with Crippen LogP contribution in [0.15, 0.2) is 36.7 Å². The van der Waals surface area contributed by atoms with Gasteiger partial charge in [0.2, 0.25) is 5.91 Å². The zero-order valence-electron chi connectivity index (χ0n) is 11.0. The largest absolute Gasteiger partial charge is 0.326 e. The Kier molecular flexibility index (Phi) is 4.49. The van der Waals surface area contributed by atoms with E-state index in [1.54, 1.807) is 0 Å². The van der Waals surface area contributed by atoms with Crippen LogP contribution >= 0.6 is 11.6 Å². The van der Waals surface area contributed by atoms with Crippen LogP contribution in [0.1, 0.15) is 17.3 Å². The molecule has 2 rings (SSSR count). The topological polar surface area (TPSA) is 71.1 Å². The van der Waals surface area contributed by atoms with E-state index in [1.165, 1.54) is 37.5 Å². The summed E-state index contributed by atoms with van der Waals surface area (Å²) < 4.78 is 13.7. The third-order valence-electron chi connectivity index (χ3n) is 2.55. The van der Waals surface area contributed by atoms with Crippen molar-refractivity contribution in [3.05, 3.63) is 53.1 Å². The molecule has 5 nitrogen and oxygen atoms in total. The number of carbonyl (C=O) groups excluding carboxylic acids is 2. The van der Waals surface area contributed by atoms with Gasteiger partial charge in [0.15, 0.2) is 0 Å². The van der Waals surface area contributed by atoms with Crippen LogP contribution in [0, 0.1) is 5.82 Å². The van der Waals surface area contributed by atoms with E-state index in [1.807, 2.05) is 0 Å². The van der Waals surface area contributed by atoms with Crippen LogP contribution in [0.2, 0.25) is 5.02 Å². The molecule has 0 aliphatic heterocycles. The first-order chi connectivity index (χ1) is 9.97. The second kappa shape index (κ2) is 6.32. The molecule has 0 aliphatic rings. The molecule has 0 saturated heterocycles. The maximum absolute atomic E-state index is 13.7. The fourth-order valence-corrected chi connectivity index (χ4v) is 1.83. The zero-order chi connectivity index (χ0) is 15.4. The normalized spacial score (nSPS) is 10.0. The second-order valence-electron chi connectivity index (χ2n) is 4.19. The predicted molar refractivity (Wildman–Crippen MR) is 77.9 cm³/mol.